The van der Waals surface area contributed by atoms with Gasteiger partial charge in [-0.1, -0.05) is 12.1 Å². The van der Waals surface area contributed by atoms with E-state index in [2.05, 4.69) is 0 Å². The Hall–Kier alpha value is -0.910. The first-order valence-electron chi connectivity index (χ1n) is 4.53. The van der Waals surface area contributed by atoms with Crippen LogP contribution in [-0.2, 0) is 20.2 Å². The van der Waals surface area contributed by atoms with Gasteiger partial charge in [0.05, 0.1) is 18.1 Å². The van der Waals surface area contributed by atoms with Crippen molar-refractivity contribution in [2.24, 2.45) is 0 Å². The van der Waals surface area contributed by atoms with E-state index in [-0.39, 0.29) is 18.1 Å². The Morgan fingerprint density at radius 2 is 1.80 bits per heavy atom. The van der Waals surface area contributed by atoms with E-state index in [1.807, 2.05) is 0 Å². The van der Waals surface area contributed by atoms with Crippen molar-refractivity contribution in [1.29, 1.82) is 0 Å². The molecule has 0 amide bonds. The molecule has 1 fully saturated rings. The molecule has 0 saturated carbocycles. The number of rotatable bonds is 2. The van der Waals surface area contributed by atoms with Crippen molar-refractivity contribution in [3.05, 3.63) is 29.8 Å². The first-order valence-corrected chi connectivity index (χ1v) is 6.42. The molecule has 0 aliphatic carbocycles. The van der Waals surface area contributed by atoms with Crippen LogP contribution >= 0.6 is 0 Å². The average Bonchev–Trinajstić information content (AvgIpc) is 2.13. The van der Waals surface area contributed by atoms with Gasteiger partial charge in [0.1, 0.15) is 5.60 Å². The molecule has 5 heteroatoms. The lowest BCUT2D eigenvalue weighted by Gasteiger charge is -2.36. The summed E-state index contributed by atoms with van der Waals surface area (Å²) in [4.78, 5) is 0.259. The highest BCUT2D eigenvalue weighted by Crippen LogP contribution is 2.29. The predicted molar refractivity (Wildman–Crippen MR) is 54.3 cm³/mol. The minimum absolute atomic E-state index is 0.259. The van der Waals surface area contributed by atoms with E-state index in [0.717, 1.165) is 6.26 Å². The largest absolute Gasteiger partial charge is 0.380 e. The van der Waals surface area contributed by atoms with Gasteiger partial charge in [-0.2, -0.15) is 0 Å². The molecule has 1 saturated heterocycles. The number of hydrogen-bond donors (Lipinski definition) is 1. The molecule has 1 aromatic carbocycles. The summed E-state index contributed by atoms with van der Waals surface area (Å²) in [5.41, 5.74) is -0.239. The molecule has 1 aliphatic rings. The Balaban J connectivity index is 2.32. The van der Waals surface area contributed by atoms with Crippen molar-refractivity contribution in [1.82, 2.24) is 0 Å². The van der Waals surface area contributed by atoms with E-state index in [0.29, 0.717) is 5.56 Å². The molecular formula is C10H12O4S. The molecule has 1 N–H and O–H groups in total. The van der Waals surface area contributed by atoms with Crippen LogP contribution in [-0.4, -0.2) is 33.0 Å². The molecule has 1 aromatic rings. The Kier molecular flexibility index (Phi) is 2.33. The maximum absolute atomic E-state index is 11.2. The molecule has 0 radical (unpaired) electrons. The smallest absolute Gasteiger partial charge is 0.175 e. The Morgan fingerprint density at radius 3 is 2.13 bits per heavy atom. The number of ether oxygens (including phenoxy) is 1. The summed E-state index contributed by atoms with van der Waals surface area (Å²) in [6.45, 7) is 0.538. The summed E-state index contributed by atoms with van der Waals surface area (Å²) in [5.74, 6) is 0. The first-order chi connectivity index (χ1) is 6.92. The summed E-state index contributed by atoms with van der Waals surface area (Å²) in [7, 11) is -3.17. The minimum atomic E-state index is -3.17. The fourth-order valence-electron chi connectivity index (χ4n) is 1.47. The molecule has 15 heavy (non-hydrogen) atoms. The topological polar surface area (TPSA) is 63.6 Å². The fourth-order valence-corrected chi connectivity index (χ4v) is 2.10. The summed E-state index contributed by atoms with van der Waals surface area (Å²) >= 11 is 0. The summed E-state index contributed by atoms with van der Waals surface area (Å²) in [6, 6.07) is 6.25. The van der Waals surface area contributed by atoms with E-state index in [1.165, 1.54) is 12.1 Å². The molecule has 0 bridgehead atoms. The molecule has 0 unspecified atom stereocenters. The number of aliphatic hydroxyl groups is 1. The van der Waals surface area contributed by atoms with E-state index < -0.39 is 15.4 Å². The van der Waals surface area contributed by atoms with Gasteiger partial charge in [0.2, 0.25) is 0 Å². The van der Waals surface area contributed by atoms with Crippen molar-refractivity contribution in [2.75, 3.05) is 19.5 Å². The lowest BCUT2D eigenvalue weighted by molar-refractivity contribution is -0.184. The molecule has 0 aromatic heterocycles. The average molecular weight is 228 g/mol. The van der Waals surface area contributed by atoms with Crippen LogP contribution in [0.1, 0.15) is 5.56 Å². The van der Waals surface area contributed by atoms with Crippen LogP contribution < -0.4 is 0 Å². The zero-order valence-corrected chi connectivity index (χ0v) is 9.12. The third-order valence-corrected chi connectivity index (χ3v) is 3.63. The highest BCUT2D eigenvalue weighted by Gasteiger charge is 2.37. The van der Waals surface area contributed by atoms with Gasteiger partial charge in [-0.15, -0.1) is 0 Å². The molecule has 0 atom stereocenters. The van der Waals surface area contributed by atoms with E-state index in [9.17, 15) is 13.5 Å². The first kappa shape index (κ1) is 10.6. The fraction of sp³-hybridized carbons (Fsp3) is 0.400. The van der Waals surface area contributed by atoms with Crippen molar-refractivity contribution >= 4 is 9.84 Å². The van der Waals surface area contributed by atoms with Crippen LogP contribution in [0.4, 0.5) is 0 Å². The van der Waals surface area contributed by atoms with Crippen molar-refractivity contribution in [3.8, 4) is 0 Å². The third kappa shape index (κ3) is 1.90. The van der Waals surface area contributed by atoms with E-state index >= 15 is 0 Å². The van der Waals surface area contributed by atoms with Crippen LogP contribution in [0.25, 0.3) is 0 Å². The van der Waals surface area contributed by atoms with Crippen LogP contribution in [0.5, 0.6) is 0 Å². The normalized spacial score (nSPS) is 19.6. The lowest BCUT2D eigenvalue weighted by atomic mass is 9.92. The van der Waals surface area contributed by atoms with Crippen LogP contribution in [0.3, 0.4) is 0 Å². The molecule has 1 aliphatic heterocycles. The van der Waals surface area contributed by atoms with Gasteiger partial charge in [-0.05, 0) is 17.7 Å². The van der Waals surface area contributed by atoms with Gasteiger partial charge in [-0.25, -0.2) is 8.42 Å². The Bertz CT molecular complexity index is 457. The Morgan fingerprint density at radius 1 is 1.27 bits per heavy atom. The highest BCUT2D eigenvalue weighted by molar-refractivity contribution is 7.90. The monoisotopic (exact) mass is 228 g/mol. The van der Waals surface area contributed by atoms with Crippen LogP contribution in [0, 0.1) is 0 Å². The second-order valence-corrected chi connectivity index (χ2v) is 5.84. The van der Waals surface area contributed by atoms with Gasteiger partial charge < -0.3 is 9.84 Å². The second kappa shape index (κ2) is 3.30. The van der Waals surface area contributed by atoms with Gasteiger partial charge in [0.25, 0.3) is 0 Å². The van der Waals surface area contributed by atoms with E-state index in [4.69, 9.17) is 4.74 Å². The summed E-state index contributed by atoms with van der Waals surface area (Å²) in [6.07, 6.45) is 1.16. The second-order valence-electron chi connectivity index (χ2n) is 3.82. The molecule has 1 heterocycles. The van der Waals surface area contributed by atoms with Gasteiger partial charge >= 0.3 is 0 Å². The maximum atomic E-state index is 11.2. The summed E-state index contributed by atoms with van der Waals surface area (Å²) in [5, 5.41) is 9.90. The standard InChI is InChI=1S/C10H12O4S/c1-15(12,13)9-4-2-8(3-5-9)10(11)6-14-7-10/h2-5,11H,6-7H2,1H3. The minimum Gasteiger partial charge on any atom is -0.380 e. The quantitative estimate of drug-likeness (QED) is 0.791. The number of sulfone groups is 1. The van der Waals surface area contributed by atoms with Gasteiger partial charge in [0, 0.05) is 6.26 Å². The van der Waals surface area contributed by atoms with Gasteiger partial charge in [-0.3, -0.25) is 0 Å². The SMILES string of the molecule is CS(=O)(=O)c1ccc(C2(O)COC2)cc1. The molecule has 82 valence electrons. The molecule has 4 nitrogen and oxygen atoms in total. The van der Waals surface area contributed by atoms with Crippen LogP contribution in [0.2, 0.25) is 0 Å². The highest BCUT2D eigenvalue weighted by atomic mass is 32.2. The Labute approximate surface area is 88.4 Å². The van der Waals surface area contributed by atoms with Crippen molar-refractivity contribution in [2.45, 2.75) is 10.5 Å². The third-order valence-electron chi connectivity index (χ3n) is 2.50. The zero-order chi connectivity index (χ0) is 11.1. The van der Waals surface area contributed by atoms with Crippen molar-refractivity contribution < 1.29 is 18.3 Å². The van der Waals surface area contributed by atoms with Crippen LogP contribution in [0.15, 0.2) is 29.2 Å². The summed E-state index contributed by atoms with van der Waals surface area (Å²) < 4.78 is 27.3. The van der Waals surface area contributed by atoms with Gasteiger partial charge in [0.15, 0.2) is 9.84 Å². The number of benzene rings is 1. The van der Waals surface area contributed by atoms with Crippen molar-refractivity contribution in [3.63, 3.8) is 0 Å². The predicted octanol–water partition coefficient (Wildman–Crippen LogP) is 0.308. The lowest BCUT2D eigenvalue weighted by Crippen LogP contribution is -2.46. The number of hydrogen-bond acceptors (Lipinski definition) is 4. The zero-order valence-electron chi connectivity index (χ0n) is 8.30. The maximum Gasteiger partial charge on any atom is 0.175 e. The molecular weight excluding hydrogens is 216 g/mol. The molecule has 2 rings (SSSR count). The van der Waals surface area contributed by atoms with E-state index in [1.54, 1.807) is 12.1 Å². The molecule has 0 spiro atoms.